The van der Waals surface area contributed by atoms with E-state index in [9.17, 15) is 9.90 Å². The van der Waals surface area contributed by atoms with Gasteiger partial charge in [-0.2, -0.15) is 0 Å². The summed E-state index contributed by atoms with van der Waals surface area (Å²) in [6.45, 7) is 0.859. The first-order valence-electron chi connectivity index (χ1n) is 7.69. The van der Waals surface area contributed by atoms with Crippen LogP contribution in [0.1, 0.15) is 51.4 Å². The minimum atomic E-state index is -0.607. The highest BCUT2D eigenvalue weighted by molar-refractivity contribution is 5.70. The van der Waals surface area contributed by atoms with E-state index in [0.29, 0.717) is 18.1 Å². The molecule has 2 aliphatic carbocycles. The lowest BCUT2D eigenvalue weighted by Gasteiger charge is -2.33. The first-order chi connectivity index (χ1) is 9.20. The Kier molecular flexibility index (Phi) is 5.64. The molecular formula is C15H27NO3. The van der Waals surface area contributed by atoms with Gasteiger partial charge in [-0.15, -0.1) is 0 Å². The van der Waals surface area contributed by atoms with Gasteiger partial charge in [0.2, 0.25) is 0 Å². The largest absolute Gasteiger partial charge is 0.481 e. The van der Waals surface area contributed by atoms with Gasteiger partial charge in [0.1, 0.15) is 0 Å². The molecule has 2 saturated carbocycles. The number of carbonyl (C=O) groups is 1. The van der Waals surface area contributed by atoms with E-state index in [-0.39, 0.29) is 5.92 Å². The van der Waals surface area contributed by atoms with Crippen LogP contribution in [0.25, 0.3) is 0 Å². The Morgan fingerprint density at radius 1 is 1.21 bits per heavy atom. The van der Waals surface area contributed by atoms with Crippen LogP contribution < -0.4 is 5.32 Å². The van der Waals surface area contributed by atoms with Crippen LogP contribution in [0.2, 0.25) is 0 Å². The number of hydrogen-bond donors (Lipinski definition) is 2. The predicted octanol–water partition coefficient (Wildman–Crippen LogP) is 2.42. The zero-order chi connectivity index (χ0) is 13.7. The fourth-order valence-electron chi connectivity index (χ4n) is 3.64. The lowest BCUT2D eigenvalue weighted by molar-refractivity contribution is -0.144. The highest BCUT2D eigenvalue weighted by atomic mass is 16.5. The Labute approximate surface area is 115 Å². The number of methoxy groups -OCH3 is 1. The second kappa shape index (κ2) is 7.25. The molecule has 110 valence electrons. The van der Waals surface area contributed by atoms with Crippen molar-refractivity contribution in [2.75, 3.05) is 13.7 Å². The molecule has 0 aromatic rings. The van der Waals surface area contributed by atoms with Crippen molar-refractivity contribution in [3.05, 3.63) is 0 Å². The van der Waals surface area contributed by atoms with Crippen molar-refractivity contribution in [1.82, 2.24) is 5.32 Å². The van der Waals surface area contributed by atoms with E-state index < -0.39 is 5.97 Å². The van der Waals surface area contributed by atoms with Crippen molar-refractivity contribution in [2.45, 2.75) is 63.5 Å². The molecule has 4 atom stereocenters. The van der Waals surface area contributed by atoms with Crippen LogP contribution in [-0.4, -0.2) is 36.9 Å². The molecule has 4 unspecified atom stereocenters. The monoisotopic (exact) mass is 269 g/mol. The topological polar surface area (TPSA) is 58.6 Å². The van der Waals surface area contributed by atoms with Gasteiger partial charge >= 0.3 is 5.97 Å². The van der Waals surface area contributed by atoms with Gasteiger partial charge < -0.3 is 15.2 Å². The third-order valence-corrected chi connectivity index (χ3v) is 4.85. The minimum Gasteiger partial charge on any atom is -0.481 e. The van der Waals surface area contributed by atoms with Gasteiger partial charge in [-0.25, -0.2) is 0 Å². The van der Waals surface area contributed by atoms with E-state index in [4.69, 9.17) is 4.74 Å². The summed E-state index contributed by atoms with van der Waals surface area (Å²) < 4.78 is 5.44. The van der Waals surface area contributed by atoms with Gasteiger partial charge in [0.15, 0.2) is 0 Å². The molecular weight excluding hydrogens is 242 g/mol. The Morgan fingerprint density at radius 2 is 2.00 bits per heavy atom. The Morgan fingerprint density at radius 3 is 2.74 bits per heavy atom. The maximum absolute atomic E-state index is 11.3. The van der Waals surface area contributed by atoms with Crippen LogP contribution >= 0.6 is 0 Å². The highest BCUT2D eigenvalue weighted by Crippen LogP contribution is 2.30. The van der Waals surface area contributed by atoms with Crippen molar-refractivity contribution in [3.63, 3.8) is 0 Å². The van der Waals surface area contributed by atoms with Gasteiger partial charge in [0.05, 0.1) is 12.0 Å². The Balaban J connectivity index is 1.78. The summed E-state index contributed by atoms with van der Waals surface area (Å²) in [4.78, 5) is 11.3. The summed E-state index contributed by atoms with van der Waals surface area (Å²) in [5.41, 5.74) is 0. The van der Waals surface area contributed by atoms with Crippen molar-refractivity contribution in [3.8, 4) is 0 Å². The number of aliphatic carboxylic acids is 1. The van der Waals surface area contributed by atoms with Gasteiger partial charge in [0, 0.05) is 13.2 Å². The van der Waals surface area contributed by atoms with Gasteiger partial charge in [-0.1, -0.05) is 12.8 Å². The van der Waals surface area contributed by atoms with Gasteiger partial charge in [-0.3, -0.25) is 4.79 Å². The van der Waals surface area contributed by atoms with Crippen LogP contribution in [0.15, 0.2) is 0 Å². The maximum atomic E-state index is 11.3. The number of carboxylic acid groups (broad SMARTS) is 1. The summed E-state index contributed by atoms with van der Waals surface area (Å²) in [5.74, 6) is -0.429. The molecule has 4 heteroatoms. The van der Waals surface area contributed by atoms with Crippen molar-refractivity contribution >= 4 is 5.97 Å². The van der Waals surface area contributed by atoms with Gasteiger partial charge in [0.25, 0.3) is 0 Å². The van der Waals surface area contributed by atoms with E-state index in [1.165, 1.54) is 19.3 Å². The van der Waals surface area contributed by atoms with Gasteiger partial charge in [-0.05, 0) is 51.0 Å². The van der Waals surface area contributed by atoms with Crippen LogP contribution in [-0.2, 0) is 9.53 Å². The second-order valence-electron chi connectivity index (χ2n) is 6.12. The molecule has 0 radical (unpaired) electrons. The molecule has 2 aliphatic rings. The van der Waals surface area contributed by atoms with Crippen LogP contribution in [0.3, 0.4) is 0 Å². The summed E-state index contributed by atoms with van der Waals surface area (Å²) in [5, 5.41) is 12.9. The number of carboxylic acids is 1. The standard InChI is InChI=1S/C15H27NO3/c1-19-13-7-4-6-12(9-13)16-10-11-5-2-3-8-14(11)15(17)18/h11-14,16H,2-10H2,1H3,(H,17,18). The first-order valence-corrected chi connectivity index (χ1v) is 7.69. The number of rotatable bonds is 5. The molecule has 2 rings (SSSR count). The molecule has 0 aromatic carbocycles. The fraction of sp³-hybridized carbons (Fsp3) is 0.933. The zero-order valence-corrected chi connectivity index (χ0v) is 11.9. The molecule has 0 spiro atoms. The SMILES string of the molecule is COC1CCCC(NCC2CCCCC2C(=O)O)C1. The Bertz CT molecular complexity index is 295. The molecule has 19 heavy (non-hydrogen) atoms. The second-order valence-corrected chi connectivity index (χ2v) is 6.12. The Hall–Kier alpha value is -0.610. The third kappa shape index (κ3) is 4.18. The number of hydrogen-bond acceptors (Lipinski definition) is 3. The fourth-order valence-corrected chi connectivity index (χ4v) is 3.64. The lowest BCUT2D eigenvalue weighted by atomic mass is 9.79. The highest BCUT2D eigenvalue weighted by Gasteiger charge is 2.31. The maximum Gasteiger partial charge on any atom is 0.306 e. The molecule has 0 amide bonds. The quantitative estimate of drug-likeness (QED) is 0.805. The van der Waals surface area contributed by atoms with E-state index in [2.05, 4.69) is 5.32 Å². The number of ether oxygens (including phenoxy) is 1. The third-order valence-electron chi connectivity index (χ3n) is 4.85. The molecule has 0 saturated heterocycles. The first kappa shape index (κ1) is 14.8. The van der Waals surface area contributed by atoms with E-state index in [1.807, 2.05) is 0 Å². The number of nitrogens with one attached hydrogen (secondary N) is 1. The van der Waals surface area contributed by atoms with Crippen LogP contribution in [0.4, 0.5) is 0 Å². The molecule has 2 fully saturated rings. The van der Waals surface area contributed by atoms with Crippen molar-refractivity contribution in [2.24, 2.45) is 11.8 Å². The average molecular weight is 269 g/mol. The average Bonchev–Trinajstić information content (AvgIpc) is 2.45. The smallest absolute Gasteiger partial charge is 0.306 e. The molecule has 0 heterocycles. The van der Waals surface area contributed by atoms with E-state index in [0.717, 1.165) is 38.6 Å². The summed E-state index contributed by atoms with van der Waals surface area (Å²) in [6.07, 6.45) is 9.19. The van der Waals surface area contributed by atoms with Crippen LogP contribution in [0, 0.1) is 11.8 Å². The van der Waals surface area contributed by atoms with Crippen molar-refractivity contribution in [1.29, 1.82) is 0 Å². The summed E-state index contributed by atoms with van der Waals surface area (Å²) in [6, 6.07) is 0.509. The van der Waals surface area contributed by atoms with Crippen molar-refractivity contribution < 1.29 is 14.6 Å². The van der Waals surface area contributed by atoms with Crippen LogP contribution in [0.5, 0.6) is 0 Å². The lowest BCUT2D eigenvalue weighted by Crippen LogP contribution is -2.42. The molecule has 0 aliphatic heterocycles. The summed E-state index contributed by atoms with van der Waals surface area (Å²) >= 11 is 0. The molecule has 4 nitrogen and oxygen atoms in total. The predicted molar refractivity (Wildman–Crippen MR) is 74.1 cm³/mol. The molecule has 0 bridgehead atoms. The van der Waals surface area contributed by atoms with E-state index >= 15 is 0 Å². The van der Waals surface area contributed by atoms with E-state index in [1.54, 1.807) is 7.11 Å². The minimum absolute atomic E-state index is 0.136. The summed E-state index contributed by atoms with van der Waals surface area (Å²) in [7, 11) is 1.79. The normalized spacial score (nSPS) is 36.1. The molecule has 2 N–H and O–H groups in total. The molecule has 0 aromatic heterocycles. The zero-order valence-electron chi connectivity index (χ0n) is 11.9.